The van der Waals surface area contributed by atoms with Crippen LogP contribution >= 0.6 is 0 Å². The molecule has 2 aromatic heterocycles. The molecular formula is C23H23N5O. The molecule has 4 rings (SSSR count). The molecule has 1 N–H and O–H groups in total. The molecule has 0 saturated carbocycles. The number of hydrogen-bond acceptors (Lipinski definition) is 6. The third kappa shape index (κ3) is 3.87. The largest absolute Gasteiger partial charge is 0.491 e. The monoisotopic (exact) mass is 385 g/mol. The molecule has 0 bridgehead atoms. The van der Waals surface area contributed by atoms with Crippen molar-refractivity contribution >= 4 is 24.3 Å². The van der Waals surface area contributed by atoms with Gasteiger partial charge in [0.15, 0.2) is 0 Å². The Balaban J connectivity index is 1.51. The lowest BCUT2D eigenvalue weighted by Gasteiger charge is -2.16. The number of anilines is 1. The lowest BCUT2D eigenvalue weighted by atomic mass is 10.00. The van der Waals surface area contributed by atoms with Crippen LogP contribution in [-0.2, 0) is 6.42 Å². The normalized spacial score (nSPS) is 13.3. The van der Waals surface area contributed by atoms with Crippen LogP contribution in [0.15, 0.2) is 54.4 Å². The van der Waals surface area contributed by atoms with Crippen molar-refractivity contribution < 1.29 is 4.74 Å². The van der Waals surface area contributed by atoms with E-state index in [1.54, 1.807) is 12.4 Å². The van der Waals surface area contributed by atoms with Crippen LogP contribution in [0, 0.1) is 0 Å². The summed E-state index contributed by atoms with van der Waals surface area (Å²) in [6, 6.07) is 9.88. The number of aromatic nitrogens is 3. The number of pyridine rings is 1. The molecule has 6 heteroatoms. The van der Waals surface area contributed by atoms with Crippen molar-refractivity contribution in [2.75, 3.05) is 18.5 Å². The molecule has 0 aliphatic carbocycles. The molecule has 0 fully saturated rings. The molecule has 1 aliphatic rings. The molecule has 0 saturated heterocycles. The Kier molecular flexibility index (Phi) is 5.33. The predicted molar refractivity (Wildman–Crippen MR) is 117 cm³/mol. The molecule has 0 unspecified atom stereocenters. The summed E-state index contributed by atoms with van der Waals surface area (Å²) >= 11 is 0. The summed E-state index contributed by atoms with van der Waals surface area (Å²) in [5.74, 6) is 1.98. The van der Waals surface area contributed by atoms with Gasteiger partial charge in [-0.2, -0.15) is 0 Å². The smallest absolute Gasteiger partial charge is 0.144 e. The minimum absolute atomic E-state index is 0.258. The van der Waals surface area contributed by atoms with Crippen LogP contribution < -0.4 is 10.1 Å². The zero-order valence-electron chi connectivity index (χ0n) is 16.4. The summed E-state index contributed by atoms with van der Waals surface area (Å²) in [4.78, 5) is 17.2. The Morgan fingerprint density at radius 2 is 2.14 bits per heavy atom. The second kappa shape index (κ2) is 8.22. The molecule has 1 aromatic carbocycles. The second-order valence-electron chi connectivity index (χ2n) is 6.98. The first-order chi connectivity index (χ1) is 14.2. The Bertz CT molecular complexity index is 1060. The van der Waals surface area contributed by atoms with Crippen LogP contribution in [-0.4, -0.2) is 34.8 Å². The van der Waals surface area contributed by atoms with Gasteiger partial charge in [0.2, 0.25) is 0 Å². The molecule has 1 atom stereocenters. The zero-order chi connectivity index (χ0) is 20.2. The molecule has 146 valence electrons. The fourth-order valence-corrected chi connectivity index (χ4v) is 3.49. The van der Waals surface area contributed by atoms with Crippen LogP contribution in [0.5, 0.6) is 5.75 Å². The van der Waals surface area contributed by atoms with E-state index >= 15 is 0 Å². The summed E-state index contributed by atoms with van der Waals surface area (Å²) in [6.45, 7) is 11.1. The molecule has 0 amide bonds. The van der Waals surface area contributed by atoms with Crippen molar-refractivity contribution in [3.8, 4) is 17.0 Å². The van der Waals surface area contributed by atoms with Crippen LogP contribution in [0.25, 0.3) is 17.3 Å². The Labute approximate surface area is 170 Å². The lowest BCUT2D eigenvalue weighted by Crippen LogP contribution is -2.12. The van der Waals surface area contributed by atoms with Gasteiger partial charge in [0, 0.05) is 47.8 Å². The van der Waals surface area contributed by atoms with Crippen molar-refractivity contribution in [2.24, 2.45) is 4.99 Å². The summed E-state index contributed by atoms with van der Waals surface area (Å²) in [7, 11) is 0. The lowest BCUT2D eigenvalue weighted by molar-refractivity contribution is 0.352. The SMILES string of the molecule is C=Cc1cc(-c2cc(NC[C@@H](C)c3ccnc4c3OCC4)ncn2)ccc1N=C. The number of hydrogen-bond donors (Lipinski definition) is 1. The average molecular weight is 385 g/mol. The highest BCUT2D eigenvalue weighted by molar-refractivity contribution is 5.73. The quantitative estimate of drug-likeness (QED) is 0.599. The minimum atomic E-state index is 0.258. The van der Waals surface area contributed by atoms with Crippen molar-refractivity contribution in [2.45, 2.75) is 19.3 Å². The fourth-order valence-electron chi connectivity index (χ4n) is 3.49. The predicted octanol–water partition coefficient (Wildman–Crippen LogP) is 4.66. The van der Waals surface area contributed by atoms with E-state index in [1.807, 2.05) is 36.5 Å². The van der Waals surface area contributed by atoms with Gasteiger partial charge in [-0.25, -0.2) is 9.97 Å². The summed E-state index contributed by atoms with van der Waals surface area (Å²) in [5, 5.41) is 3.42. The van der Waals surface area contributed by atoms with E-state index in [9.17, 15) is 0 Å². The molecule has 29 heavy (non-hydrogen) atoms. The van der Waals surface area contributed by atoms with Gasteiger partial charge in [0.25, 0.3) is 0 Å². The van der Waals surface area contributed by atoms with Gasteiger partial charge in [-0.05, 0) is 24.9 Å². The third-order valence-electron chi connectivity index (χ3n) is 5.09. The first kappa shape index (κ1) is 18.8. The van der Waals surface area contributed by atoms with Gasteiger partial charge < -0.3 is 10.1 Å². The van der Waals surface area contributed by atoms with Crippen molar-refractivity contribution in [1.82, 2.24) is 15.0 Å². The highest BCUT2D eigenvalue weighted by Gasteiger charge is 2.20. The standard InChI is InChI=1S/C23H23N5O/c1-4-16-11-17(5-6-19(16)24-3)21-12-22(28-14-27-21)26-13-15(2)18-7-9-25-20-8-10-29-23(18)20/h4-7,9,11-12,14-15H,1,3,8,10,13H2,2H3,(H,26,27,28)/t15-/m1/s1. The van der Waals surface area contributed by atoms with Crippen molar-refractivity contribution in [3.63, 3.8) is 0 Å². The van der Waals surface area contributed by atoms with E-state index in [1.165, 1.54) is 5.56 Å². The number of rotatable bonds is 7. The van der Waals surface area contributed by atoms with Crippen LogP contribution in [0.4, 0.5) is 11.5 Å². The van der Waals surface area contributed by atoms with Crippen LogP contribution in [0.1, 0.15) is 29.7 Å². The van der Waals surface area contributed by atoms with Gasteiger partial charge in [0.05, 0.1) is 23.7 Å². The maximum atomic E-state index is 5.78. The first-order valence-corrected chi connectivity index (χ1v) is 9.59. The number of nitrogens with one attached hydrogen (secondary N) is 1. The first-order valence-electron chi connectivity index (χ1n) is 9.59. The third-order valence-corrected chi connectivity index (χ3v) is 5.09. The van der Waals surface area contributed by atoms with E-state index in [0.29, 0.717) is 6.61 Å². The van der Waals surface area contributed by atoms with Gasteiger partial charge in [-0.15, -0.1) is 0 Å². The van der Waals surface area contributed by atoms with Gasteiger partial charge in [0.1, 0.15) is 17.9 Å². The number of fused-ring (bicyclic) bond motifs is 1. The Morgan fingerprint density at radius 3 is 2.97 bits per heavy atom. The average Bonchev–Trinajstić information content (AvgIpc) is 3.26. The highest BCUT2D eigenvalue weighted by Crippen LogP contribution is 2.33. The maximum Gasteiger partial charge on any atom is 0.144 e. The van der Waals surface area contributed by atoms with Gasteiger partial charge >= 0.3 is 0 Å². The topological polar surface area (TPSA) is 72.3 Å². The Morgan fingerprint density at radius 1 is 1.24 bits per heavy atom. The molecule has 0 spiro atoms. The van der Waals surface area contributed by atoms with Crippen molar-refractivity contribution in [3.05, 3.63) is 66.3 Å². The van der Waals surface area contributed by atoms with E-state index in [-0.39, 0.29) is 5.92 Å². The van der Waals surface area contributed by atoms with Crippen molar-refractivity contribution in [1.29, 1.82) is 0 Å². The number of benzene rings is 1. The van der Waals surface area contributed by atoms with E-state index in [2.05, 4.69) is 45.5 Å². The van der Waals surface area contributed by atoms with Gasteiger partial charge in [-0.3, -0.25) is 9.98 Å². The summed E-state index contributed by atoms with van der Waals surface area (Å²) < 4.78 is 5.78. The molecule has 3 heterocycles. The summed E-state index contributed by atoms with van der Waals surface area (Å²) in [6.07, 6.45) is 6.08. The second-order valence-corrected chi connectivity index (χ2v) is 6.98. The number of ether oxygens (including phenoxy) is 1. The van der Waals surface area contributed by atoms with E-state index in [0.717, 1.165) is 52.7 Å². The molecule has 3 aromatic rings. The molecular weight excluding hydrogens is 362 g/mol. The Hall–Kier alpha value is -3.54. The van der Waals surface area contributed by atoms with E-state index in [4.69, 9.17) is 4.74 Å². The number of nitrogens with zero attached hydrogens (tertiary/aromatic N) is 4. The van der Waals surface area contributed by atoms with Gasteiger partial charge in [-0.1, -0.05) is 25.6 Å². The van der Waals surface area contributed by atoms with Crippen LogP contribution in [0.2, 0.25) is 0 Å². The zero-order valence-corrected chi connectivity index (χ0v) is 16.4. The molecule has 6 nitrogen and oxygen atoms in total. The molecule has 0 radical (unpaired) electrons. The minimum Gasteiger partial charge on any atom is -0.491 e. The number of aliphatic imine (C=N–C) groups is 1. The van der Waals surface area contributed by atoms with E-state index < -0.39 is 0 Å². The van der Waals surface area contributed by atoms with Crippen LogP contribution in [0.3, 0.4) is 0 Å². The fraction of sp³-hybridized carbons (Fsp3) is 0.217. The highest BCUT2D eigenvalue weighted by atomic mass is 16.5. The molecule has 1 aliphatic heterocycles. The maximum absolute atomic E-state index is 5.78. The summed E-state index contributed by atoms with van der Waals surface area (Å²) in [5.41, 5.74) is 5.77.